The number of amidine groups is 2. The van der Waals surface area contributed by atoms with Gasteiger partial charge in [0.1, 0.15) is 37.8 Å². The number of rotatable bonds is 26. The summed E-state index contributed by atoms with van der Waals surface area (Å²) >= 11 is 0. The first kappa shape index (κ1) is 45.3. The Balaban J connectivity index is 2.14. The number of esters is 2. The number of alkyl halides is 1. The van der Waals surface area contributed by atoms with Crippen LogP contribution in [0.4, 0.5) is 4.39 Å². The zero-order valence-electron chi connectivity index (χ0n) is 30.9. The third-order valence-corrected chi connectivity index (χ3v) is 8.23. The van der Waals surface area contributed by atoms with Crippen molar-refractivity contribution in [2.45, 2.75) is 83.6 Å². The Morgan fingerprint density at radius 1 is 0.673 bits per heavy atom. The topological polar surface area (TPSA) is 262 Å². The standard InChI is InChI=1S/C38H51FN6O10/c1-25(40)42-18-10-8-16-30(37(52)54-23-26-12-4-2-5-13-26)44-33(46)20-28(35(48)49)29(36(50)51)21-34(47)45-31(17-9-11-19-43-32(41)22-39)38(53)55-24-27-14-6-3-7-15-27/h2-7,12-15,28-31H,8-11,16-24H2,1H3,(H2,40,42)(H2,41,43)(H,44,46)(H,45,47)(H,48,49)(H,50,51). The number of benzene rings is 2. The average molecular weight is 771 g/mol. The number of carbonyl (C=O) groups is 6. The normalized spacial score (nSPS) is 13.8. The van der Waals surface area contributed by atoms with Gasteiger partial charge in [0, 0.05) is 25.9 Å². The van der Waals surface area contributed by atoms with Crippen molar-refractivity contribution in [1.82, 2.24) is 10.6 Å². The fraction of sp³-hybridized carbons (Fsp3) is 0.474. The number of ether oxygens (including phenoxy) is 2. The molecule has 0 heterocycles. The highest BCUT2D eigenvalue weighted by molar-refractivity contribution is 5.92. The van der Waals surface area contributed by atoms with Gasteiger partial charge in [-0.15, -0.1) is 0 Å². The van der Waals surface area contributed by atoms with E-state index in [1.54, 1.807) is 67.6 Å². The number of aliphatic imine (C=N–C) groups is 2. The lowest BCUT2D eigenvalue weighted by Crippen LogP contribution is -2.46. The third-order valence-electron chi connectivity index (χ3n) is 8.23. The summed E-state index contributed by atoms with van der Waals surface area (Å²) in [6.45, 7) is 1.05. The maximum absolute atomic E-state index is 13.2. The van der Waals surface area contributed by atoms with Gasteiger partial charge in [-0.1, -0.05) is 60.7 Å². The molecule has 300 valence electrons. The molecule has 55 heavy (non-hydrogen) atoms. The molecule has 0 saturated heterocycles. The zero-order chi connectivity index (χ0) is 40.6. The van der Waals surface area contributed by atoms with Crippen LogP contribution in [0.25, 0.3) is 0 Å². The number of carboxylic acid groups (broad SMARTS) is 2. The molecule has 0 bridgehead atoms. The van der Waals surface area contributed by atoms with E-state index >= 15 is 0 Å². The van der Waals surface area contributed by atoms with Crippen LogP contribution in [-0.4, -0.2) is 89.4 Å². The number of nitrogens with one attached hydrogen (secondary N) is 2. The second kappa shape index (κ2) is 25.2. The predicted molar refractivity (Wildman–Crippen MR) is 200 cm³/mol. The van der Waals surface area contributed by atoms with Gasteiger partial charge < -0.3 is 41.8 Å². The molecular formula is C38H51FN6O10. The molecule has 0 saturated carbocycles. The lowest BCUT2D eigenvalue weighted by atomic mass is 9.86. The quantitative estimate of drug-likeness (QED) is 0.0349. The van der Waals surface area contributed by atoms with E-state index in [4.69, 9.17) is 20.9 Å². The summed E-state index contributed by atoms with van der Waals surface area (Å²) in [7, 11) is 0. The lowest BCUT2D eigenvalue weighted by molar-refractivity contribution is -0.157. The largest absolute Gasteiger partial charge is 0.481 e. The van der Waals surface area contributed by atoms with Gasteiger partial charge in [0.05, 0.1) is 17.7 Å². The van der Waals surface area contributed by atoms with Crippen molar-refractivity contribution in [3.8, 4) is 0 Å². The average Bonchev–Trinajstić information content (AvgIpc) is 3.16. The van der Waals surface area contributed by atoms with E-state index in [1.165, 1.54) is 0 Å². The summed E-state index contributed by atoms with van der Waals surface area (Å²) in [6, 6.07) is 15.1. The van der Waals surface area contributed by atoms with Crippen LogP contribution in [0.5, 0.6) is 0 Å². The third kappa shape index (κ3) is 18.6. The first-order chi connectivity index (χ1) is 26.3. The minimum Gasteiger partial charge on any atom is -0.481 e. The number of amides is 2. The van der Waals surface area contributed by atoms with E-state index < -0.39 is 79.1 Å². The van der Waals surface area contributed by atoms with Crippen LogP contribution in [0, 0.1) is 11.8 Å². The summed E-state index contributed by atoms with van der Waals surface area (Å²) in [5.74, 6) is -10.5. The molecule has 16 nitrogen and oxygen atoms in total. The summed E-state index contributed by atoms with van der Waals surface area (Å²) in [6.07, 6.45) is -0.0315. The predicted octanol–water partition coefficient (Wildman–Crippen LogP) is 2.67. The number of halogens is 1. The van der Waals surface area contributed by atoms with E-state index in [-0.39, 0.29) is 38.4 Å². The molecule has 0 spiro atoms. The number of nitrogens with zero attached hydrogens (tertiary/aromatic N) is 2. The highest BCUT2D eigenvalue weighted by Crippen LogP contribution is 2.22. The molecular weight excluding hydrogens is 719 g/mol. The zero-order valence-corrected chi connectivity index (χ0v) is 30.9. The summed E-state index contributed by atoms with van der Waals surface area (Å²) < 4.78 is 23.4. The Labute approximate surface area is 318 Å². The molecule has 4 unspecified atom stereocenters. The number of unbranched alkanes of at least 4 members (excludes halogenated alkanes) is 2. The molecule has 2 amide bonds. The van der Waals surface area contributed by atoms with E-state index in [2.05, 4.69) is 20.6 Å². The van der Waals surface area contributed by atoms with Gasteiger partial charge in [-0.25, -0.2) is 14.0 Å². The first-order valence-electron chi connectivity index (χ1n) is 17.9. The highest BCUT2D eigenvalue weighted by Gasteiger charge is 2.38. The van der Waals surface area contributed by atoms with E-state index in [0.29, 0.717) is 49.2 Å². The van der Waals surface area contributed by atoms with Gasteiger partial charge in [0.2, 0.25) is 11.8 Å². The van der Waals surface area contributed by atoms with E-state index in [1.807, 2.05) is 0 Å². The number of hydrogen-bond acceptors (Lipinski definition) is 10. The van der Waals surface area contributed by atoms with Gasteiger partial charge in [-0.05, 0) is 56.6 Å². The summed E-state index contributed by atoms with van der Waals surface area (Å²) in [5.41, 5.74) is 12.3. The number of carbonyl (C=O) groups excluding carboxylic acids is 4. The van der Waals surface area contributed by atoms with Crippen LogP contribution in [0.15, 0.2) is 70.6 Å². The van der Waals surface area contributed by atoms with Gasteiger partial charge in [0.25, 0.3) is 0 Å². The van der Waals surface area contributed by atoms with E-state index in [0.717, 1.165) is 0 Å². The van der Waals surface area contributed by atoms with Crippen molar-refractivity contribution >= 4 is 47.4 Å². The van der Waals surface area contributed by atoms with Crippen LogP contribution in [0.1, 0.15) is 69.4 Å². The smallest absolute Gasteiger partial charge is 0.328 e. The minimum absolute atomic E-state index is 0.0346. The molecule has 0 aliphatic heterocycles. The Hall–Kier alpha value is -5.87. The van der Waals surface area contributed by atoms with Gasteiger partial charge in [-0.2, -0.15) is 0 Å². The number of carboxylic acids is 2. The Kier molecular flexibility index (Phi) is 20.8. The molecule has 0 radical (unpaired) electrons. The Bertz CT molecular complexity index is 1610. The maximum atomic E-state index is 13.2. The van der Waals surface area contributed by atoms with Gasteiger partial charge in [-0.3, -0.25) is 29.2 Å². The molecule has 0 aliphatic carbocycles. The minimum atomic E-state index is -1.90. The number of nitrogens with two attached hydrogens (primary N) is 2. The van der Waals surface area contributed by atoms with Gasteiger partial charge in [0.15, 0.2) is 0 Å². The van der Waals surface area contributed by atoms with Crippen molar-refractivity contribution in [2.75, 3.05) is 19.8 Å². The maximum Gasteiger partial charge on any atom is 0.328 e. The van der Waals surface area contributed by atoms with Crippen LogP contribution in [-0.2, 0) is 51.5 Å². The van der Waals surface area contributed by atoms with Crippen LogP contribution in [0.3, 0.4) is 0 Å². The van der Waals surface area contributed by atoms with Crippen molar-refractivity contribution in [3.05, 3.63) is 71.8 Å². The summed E-state index contributed by atoms with van der Waals surface area (Å²) in [4.78, 5) is 85.2. The van der Waals surface area contributed by atoms with Crippen LogP contribution < -0.4 is 22.1 Å². The summed E-state index contributed by atoms with van der Waals surface area (Å²) in [5, 5.41) is 25.0. The molecule has 2 aromatic carbocycles. The first-order valence-corrected chi connectivity index (χ1v) is 17.9. The van der Waals surface area contributed by atoms with Crippen molar-refractivity contribution in [3.63, 3.8) is 0 Å². The second-order valence-electron chi connectivity index (χ2n) is 12.7. The van der Waals surface area contributed by atoms with Crippen molar-refractivity contribution in [1.29, 1.82) is 0 Å². The fourth-order valence-corrected chi connectivity index (χ4v) is 5.31. The number of aliphatic carboxylic acids is 2. The Morgan fingerprint density at radius 3 is 1.44 bits per heavy atom. The molecule has 4 atom stereocenters. The fourth-order valence-electron chi connectivity index (χ4n) is 5.31. The van der Waals surface area contributed by atoms with Crippen molar-refractivity contribution < 1.29 is 52.8 Å². The van der Waals surface area contributed by atoms with Crippen LogP contribution >= 0.6 is 0 Å². The number of hydrogen-bond donors (Lipinski definition) is 6. The molecule has 17 heteroatoms. The lowest BCUT2D eigenvalue weighted by Gasteiger charge is -2.23. The van der Waals surface area contributed by atoms with Crippen LogP contribution in [0.2, 0.25) is 0 Å². The van der Waals surface area contributed by atoms with Gasteiger partial charge >= 0.3 is 23.9 Å². The molecule has 0 aromatic heterocycles. The monoisotopic (exact) mass is 770 g/mol. The second-order valence-corrected chi connectivity index (χ2v) is 12.7. The SMILES string of the molecule is CC(N)=NCCCCC(NC(=O)CC(C(=O)O)C(CC(=O)NC(CCCCN=C(N)CF)C(=O)OCc1ccccc1)C(=O)O)C(=O)OCc1ccccc1. The molecule has 0 fully saturated rings. The molecule has 2 aromatic rings. The molecule has 0 aliphatic rings. The molecule has 8 N–H and O–H groups in total. The Morgan fingerprint density at radius 2 is 1.07 bits per heavy atom. The van der Waals surface area contributed by atoms with E-state index in [9.17, 15) is 43.4 Å². The molecule has 2 rings (SSSR count). The van der Waals surface area contributed by atoms with Crippen molar-refractivity contribution in [2.24, 2.45) is 33.3 Å². The highest BCUT2D eigenvalue weighted by atomic mass is 19.1.